The van der Waals surface area contributed by atoms with Crippen LogP contribution in [0.1, 0.15) is 22.3 Å². The highest BCUT2D eigenvalue weighted by Gasteiger charge is 2.37. The molecule has 3 aromatic carbocycles. The first-order chi connectivity index (χ1) is 17.6. The number of benzene rings is 3. The van der Waals surface area contributed by atoms with Gasteiger partial charge in [0.2, 0.25) is 15.9 Å². The molecule has 38 heavy (non-hydrogen) atoms. The van der Waals surface area contributed by atoms with Gasteiger partial charge in [-0.3, -0.25) is 4.79 Å². The number of alkyl halides is 6. The number of carbonyl (C=O) groups excluding carboxylic acids is 1. The van der Waals surface area contributed by atoms with Crippen LogP contribution in [0.2, 0.25) is 0 Å². The summed E-state index contributed by atoms with van der Waals surface area (Å²) in [6.07, 6.45) is -10.5. The van der Waals surface area contributed by atoms with Crippen molar-refractivity contribution < 1.29 is 44.3 Å². The average Bonchev–Trinajstić information content (AvgIpc) is 2.83. The van der Waals surface area contributed by atoms with Gasteiger partial charge in [-0.1, -0.05) is 36.4 Å². The van der Waals surface area contributed by atoms with Gasteiger partial charge >= 0.3 is 12.4 Å². The molecular weight excluding hydrogens is 538 g/mol. The summed E-state index contributed by atoms with van der Waals surface area (Å²) < 4.78 is 113. The summed E-state index contributed by atoms with van der Waals surface area (Å²) in [6.45, 7) is 1.62. The minimum absolute atomic E-state index is 0.0327. The predicted molar refractivity (Wildman–Crippen MR) is 127 cm³/mol. The van der Waals surface area contributed by atoms with Gasteiger partial charge in [-0.05, 0) is 54.8 Å². The first-order valence-electron chi connectivity index (χ1n) is 10.9. The van der Waals surface area contributed by atoms with Crippen LogP contribution in [0.5, 0.6) is 5.75 Å². The van der Waals surface area contributed by atoms with Crippen LogP contribution < -0.4 is 14.8 Å². The van der Waals surface area contributed by atoms with E-state index in [0.29, 0.717) is 23.3 Å². The molecule has 0 aromatic heterocycles. The van der Waals surface area contributed by atoms with Gasteiger partial charge in [0.1, 0.15) is 16.7 Å². The average molecular weight is 561 g/mol. The maximum atomic E-state index is 13.3. The molecule has 1 amide bonds. The molecule has 0 saturated heterocycles. The van der Waals surface area contributed by atoms with E-state index in [0.717, 1.165) is 0 Å². The second-order valence-corrected chi connectivity index (χ2v) is 9.98. The molecule has 0 saturated carbocycles. The second-order valence-electron chi connectivity index (χ2n) is 8.30. The molecule has 0 spiro atoms. The van der Waals surface area contributed by atoms with Crippen molar-refractivity contribution in [1.82, 2.24) is 4.72 Å². The Hall–Kier alpha value is -3.58. The Kier molecular flexibility index (Phi) is 8.42. The number of hydrogen-bond acceptors (Lipinski definition) is 4. The Morgan fingerprint density at radius 1 is 0.895 bits per heavy atom. The SMILES string of the molecule is COc1ccc(C)cc1S(=O)(=O)N[C@@H](Cc1ccccc1)C(=O)Nc1cc(C(F)(F)F)cc(C(F)(F)F)c1. The lowest BCUT2D eigenvalue weighted by Gasteiger charge is -2.21. The van der Waals surface area contributed by atoms with Gasteiger partial charge in [0.15, 0.2) is 0 Å². The number of aryl methyl sites for hydroxylation is 1. The summed E-state index contributed by atoms with van der Waals surface area (Å²) in [5.74, 6) is -1.20. The Balaban J connectivity index is 2.01. The fourth-order valence-electron chi connectivity index (χ4n) is 3.54. The Morgan fingerprint density at radius 3 is 2.00 bits per heavy atom. The molecule has 0 heterocycles. The normalized spacial score (nSPS) is 13.2. The minimum atomic E-state index is -5.13. The molecule has 3 rings (SSSR count). The fourth-order valence-corrected chi connectivity index (χ4v) is 4.99. The second kappa shape index (κ2) is 11.0. The first kappa shape index (κ1) is 29.0. The van der Waals surface area contributed by atoms with Gasteiger partial charge in [0, 0.05) is 5.69 Å². The van der Waals surface area contributed by atoms with Gasteiger partial charge in [-0.2, -0.15) is 31.1 Å². The number of rotatable bonds is 8. The summed E-state index contributed by atoms with van der Waals surface area (Å²) >= 11 is 0. The smallest absolute Gasteiger partial charge is 0.416 e. The van der Waals surface area contributed by atoms with Crippen LogP contribution in [0.25, 0.3) is 0 Å². The third kappa shape index (κ3) is 7.25. The molecule has 0 aliphatic carbocycles. The number of halogens is 6. The molecule has 1 atom stereocenters. The highest BCUT2D eigenvalue weighted by molar-refractivity contribution is 7.89. The van der Waals surface area contributed by atoms with E-state index in [1.54, 1.807) is 43.3 Å². The summed E-state index contributed by atoms with van der Waals surface area (Å²) in [5.41, 5.74) is -3.03. The Labute approximate surface area is 214 Å². The third-order valence-electron chi connectivity index (χ3n) is 5.36. The van der Waals surface area contributed by atoms with Gasteiger partial charge in [0.05, 0.1) is 18.2 Å². The Bertz CT molecular complexity index is 1380. The highest BCUT2D eigenvalue weighted by atomic mass is 32.2. The molecule has 3 aromatic rings. The number of methoxy groups -OCH3 is 1. The molecular formula is C25H22F6N2O4S. The standard InChI is InChI=1S/C25H22F6N2O4S/c1-15-8-9-21(37-2)22(10-15)38(35,36)33-20(11-16-6-4-3-5-7-16)23(34)32-19-13-17(24(26,27)28)12-18(14-19)25(29,30)31/h3-10,12-14,20,33H,11H2,1-2H3,(H,32,34)/t20-/m0/s1. The zero-order chi connectivity index (χ0) is 28.3. The van der Waals surface area contributed by atoms with E-state index >= 15 is 0 Å². The maximum absolute atomic E-state index is 13.3. The Morgan fingerprint density at radius 2 is 1.47 bits per heavy atom. The number of sulfonamides is 1. The molecule has 6 nitrogen and oxygen atoms in total. The molecule has 0 radical (unpaired) electrons. The number of anilines is 1. The van der Waals surface area contributed by atoms with E-state index in [1.807, 2.05) is 5.32 Å². The van der Waals surface area contributed by atoms with Crippen molar-refractivity contribution in [2.75, 3.05) is 12.4 Å². The van der Waals surface area contributed by atoms with Crippen LogP contribution in [0, 0.1) is 6.92 Å². The maximum Gasteiger partial charge on any atom is 0.416 e. The van der Waals surface area contributed by atoms with Gasteiger partial charge < -0.3 is 10.1 Å². The largest absolute Gasteiger partial charge is 0.495 e. The van der Waals surface area contributed by atoms with Crippen LogP contribution in [-0.2, 0) is 33.6 Å². The number of hydrogen-bond donors (Lipinski definition) is 2. The first-order valence-corrected chi connectivity index (χ1v) is 12.4. The lowest BCUT2D eigenvalue weighted by atomic mass is 10.1. The topological polar surface area (TPSA) is 84.5 Å². The number of ether oxygens (including phenoxy) is 1. The molecule has 0 aliphatic rings. The molecule has 0 bridgehead atoms. The van der Waals surface area contributed by atoms with Crippen molar-refractivity contribution in [2.24, 2.45) is 0 Å². The van der Waals surface area contributed by atoms with Crippen molar-refractivity contribution in [3.8, 4) is 5.75 Å². The number of carbonyl (C=O) groups is 1. The summed E-state index contributed by atoms with van der Waals surface area (Å²) in [4.78, 5) is 12.8. The van der Waals surface area contributed by atoms with E-state index in [9.17, 15) is 39.6 Å². The zero-order valence-electron chi connectivity index (χ0n) is 19.9. The van der Waals surface area contributed by atoms with E-state index in [4.69, 9.17) is 4.74 Å². The van der Waals surface area contributed by atoms with Crippen LogP contribution in [0.15, 0.2) is 71.6 Å². The molecule has 2 N–H and O–H groups in total. The molecule has 13 heteroatoms. The highest BCUT2D eigenvalue weighted by Crippen LogP contribution is 2.37. The summed E-state index contributed by atoms with van der Waals surface area (Å²) in [5, 5.41) is 2.00. The number of amides is 1. The lowest BCUT2D eigenvalue weighted by molar-refractivity contribution is -0.143. The number of nitrogens with one attached hydrogen (secondary N) is 2. The third-order valence-corrected chi connectivity index (χ3v) is 6.85. The van der Waals surface area contributed by atoms with E-state index < -0.39 is 51.1 Å². The van der Waals surface area contributed by atoms with Gasteiger partial charge in [-0.25, -0.2) is 8.42 Å². The summed E-state index contributed by atoms with van der Waals surface area (Å²) in [7, 11) is -3.20. The molecule has 204 valence electrons. The van der Waals surface area contributed by atoms with Gasteiger partial charge in [-0.15, -0.1) is 0 Å². The minimum Gasteiger partial charge on any atom is -0.495 e. The van der Waals surface area contributed by atoms with Crippen LogP contribution in [-0.4, -0.2) is 27.5 Å². The van der Waals surface area contributed by atoms with Crippen molar-refractivity contribution >= 4 is 21.6 Å². The van der Waals surface area contributed by atoms with Crippen LogP contribution >= 0.6 is 0 Å². The van der Waals surface area contributed by atoms with Crippen molar-refractivity contribution in [3.63, 3.8) is 0 Å². The van der Waals surface area contributed by atoms with Crippen LogP contribution in [0.3, 0.4) is 0 Å². The van der Waals surface area contributed by atoms with Gasteiger partial charge in [0.25, 0.3) is 0 Å². The predicted octanol–water partition coefficient (Wildman–Crippen LogP) is 5.57. The molecule has 0 aliphatic heterocycles. The zero-order valence-corrected chi connectivity index (χ0v) is 20.8. The quantitative estimate of drug-likeness (QED) is 0.353. The van der Waals surface area contributed by atoms with E-state index in [2.05, 4.69) is 4.72 Å². The van der Waals surface area contributed by atoms with Crippen molar-refractivity contribution in [1.29, 1.82) is 0 Å². The van der Waals surface area contributed by atoms with Crippen molar-refractivity contribution in [3.05, 3.63) is 89.0 Å². The summed E-state index contributed by atoms with van der Waals surface area (Å²) in [6, 6.07) is 11.3. The monoisotopic (exact) mass is 560 g/mol. The lowest BCUT2D eigenvalue weighted by Crippen LogP contribution is -2.45. The fraction of sp³-hybridized carbons (Fsp3) is 0.240. The van der Waals surface area contributed by atoms with E-state index in [1.165, 1.54) is 19.2 Å². The van der Waals surface area contributed by atoms with E-state index in [-0.39, 0.29) is 23.1 Å². The van der Waals surface area contributed by atoms with Crippen LogP contribution in [0.4, 0.5) is 32.0 Å². The van der Waals surface area contributed by atoms with Crippen molar-refractivity contribution in [2.45, 2.75) is 36.6 Å². The molecule has 0 unspecified atom stereocenters. The molecule has 0 fully saturated rings.